The summed E-state index contributed by atoms with van der Waals surface area (Å²) in [6.07, 6.45) is 53.2. The number of unbranched alkanes of at least 4 members (excludes halogenated alkanes) is 27. The Labute approximate surface area is 433 Å². The second kappa shape index (κ2) is 49.6. The highest BCUT2D eigenvalue weighted by molar-refractivity contribution is 5.76. The van der Waals surface area contributed by atoms with Gasteiger partial charge in [0.2, 0.25) is 5.91 Å². The third-order valence-electron chi connectivity index (χ3n) is 13.3. The van der Waals surface area contributed by atoms with Crippen LogP contribution in [0.15, 0.2) is 60.8 Å². The number of nitrogens with one attached hydrogen (secondary N) is 1. The molecule has 0 aromatic rings. The van der Waals surface area contributed by atoms with Gasteiger partial charge in [0, 0.05) is 12.8 Å². The first-order chi connectivity index (χ1) is 34.7. The summed E-state index contributed by atoms with van der Waals surface area (Å²) in [6, 6.07) is -0.822. The Bertz CT molecular complexity index is 1360. The van der Waals surface area contributed by atoms with Crippen LogP contribution in [0, 0.1) is 0 Å². The molecule has 11 nitrogen and oxygen atoms in total. The van der Waals surface area contributed by atoms with Crippen molar-refractivity contribution in [3.05, 3.63) is 60.8 Å². The number of aliphatic hydroxyl groups is 5. The minimum absolute atomic E-state index is 0.0411. The molecule has 0 aromatic carbocycles. The van der Waals surface area contributed by atoms with E-state index in [0.29, 0.717) is 19.4 Å². The molecule has 0 bridgehead atoms. The van der Waals surface area contributed by atoms with Gasteiger partial charge in [0.05, 0.1) is 32.0 Å². The fourth-order valence-electron chi connectivity index (χ4n) is 8.67. The van der Waals surface area contributed by atoms with Crippen molar-refractivity contribution in [2.75, 3.05) is 19.8 Å². The molecule has 0 aliphatic carbocycles. The van der Waals surface area contributed by atoms with Crippen molar-refractivity contribution in [3.8, 4) is 0 Å². The normalized spacial score (nSPS) is 19.6. The average molecular weight is 1000 g/mol. The zero-order valence-electron chi connectivity index (χ0n) is 45.2. The molecular weight excluding hydrogens is 895 g/mol. The number of carbonyl (C=O) groups is 2. The third-order valence-corrected chi connectivity index (χ3v) is 13.3. The number of amides is 1. The van der Waals surface area contributed by atoms with Gasteiger partial charge in [-0.3, -0.25) is 9.59 Å². The molecule has 7 unspecified atom stereocenters. The van der Waals surface area contributed by atoms with Crippen LogP contribution in [0.4, 0.5) is 0 Å². The number of aliphatic hydroxyl groups excluding tert-OH is 5. The van der Waals surface area contributed by atoms with Gasteiger partial charge in [-0.1, -0.05) is 190 Å². The first kappa shape index (κ1) is 66.4. The molecule has 1 aliphatic heterocycles. The lowest BCUT2D eigenvalue weighted by atomic mass is 9.99. The van der Waals surface area contributed by atoms with E-state index in [1.807, 2.05) is 6.08 Å². The van der Waals surface area contributed by atoms with Crippen molar-refractivity contribution in [3.63, 3.8) is 0 Å². The predicted octanol–water partition coefficient (Wildman–Crippen LogP) is 13.1. The zero-order chi connectivity index (χ0) is 51.7. The maximum Gasteiger partial charge on any atom is 0.305 e. The van der Waals surface area contributed by atoms with E-state index >= 15 is 0 Å². The highest BCUT2D eigenvalue weighted by Crippen LogP contribution is 2.23. The number of rotatable bonds is 49. The van der Waals surface area contributed by atoms with E-state index in [0.717, 1.165) is 103 Å². The molecule has 0 spiro atoms. The topological polar surface area (TPSA) is 175 Å². The molecule has 7 atom stereocenters. The van der Waals surface area contributed by atoms with E-state index in [-0.39, 0.29) is 18.5 Å². The van der Waals surface area contributed by atoms with Gasteiger partial charge in [-0.05, 0) is 103 Å². The molecule has 412 valence electrons. The lowest BCUT2D eigenvalue weighted by Gasteiger charge is -2.40. The molecular formula is C60H107NO10. The van der Waals surface area contributed by atoms with Crippen molar-refractivity contribution in [1.29, 1.82) is 0 Å². The molecule has 71 heavy (non-hydrogen) atoms. The molecule has 0 aromatic heterocycles. The Kier molecular flexibility index (Phi) is 46.3. The van der Waals surface area contributed by atoms with E-state index in [1.54, 1.807) is 6.08 Å². The fraction of sp³-hybridized carbons (Fsp3) is 0.800. The largest absolute Gasteiger partial charge is 0.466 e. The van der Waals surface area contributed by atoms with Crippen molar-refractivity contribution < 1.29 is 49.3 Å². The quantitative estimate of drug-likeness (QED) is 0.0195. The van der Waals surface area contributed by atoms with Gasteiger partial charge < -0.3 is 45.1 Å². The van der Waals surface area contributed by atoms with Gasteiger partial charge in [-0.2, -0.15) is 0 Å². The molecule has 6 N–H and O–H groups in total. The number of esters is 1. The molecule has 1 amide bonds. The van der Waals surface area contributed by atoms with Crippen LogP contribution in [0.3, 0.4) is 0 Å². The summed E-state index contributed by atoms with van der Waals surface area (Å²) >= 11 is 0. The molecule has 1 aliphatic rings. The molecule has 0 saturated carbocycles. The SMILES string of the molecule is CCCCC/C=C\C/C=C\CCCCCCCCCC(=O)OCCCCC/C=C\C/C=C\CCCCCCCCCC(=O)NC(COC1OC(CO)C(O)C(O)C1O)C(O)/C=C/CCCCCCCCC. The lowest BCUT2D eigenvalue weighted by molar-refractivity contribution is -0.302. The van der Waals surface area contributed by atoms with Crippen molar-refractivity contribution in [2.24, 2.45) is 0 Å². The van der Waals surface area contributed by atoms with Crippen LogP contribution in [0.5, 0.6) is 0 Å². The van der Waals surface area contributed by atoms with Crippen LogP contribution in [0.25, 0.3) is 0 Å². The Hall–Kier alpha value is -2.64. The summed E-state index contributed by atoms with van der Waals surface area (Å²) in [5, 5.41) is 54.1. The van der Waals surface area contributed by atoms with Gasteiger partial charge in [0.1, 0.15) is 24.4 Å². The standard InChI is InChI=1S/C60H107NO10/c1-3-5-7-9-11-13-14-15-16-18-22-25-28-32-36-40-44-48-56(65)69-49-45-41-37-33-29-26-23-20-17-19-21-24-27-31-35-39-43-47-55(64)61-52(53(63)46-42-38-34-30-12-10-8-6-4-2)51-70-60-59(68)58(67)57(66)54(50-62)71-60/h11,13,15-17,20,26,29,42,46,52-54,57-60,62-63,66-68H,3-10,12,14,18-19,21-25,27-28,30-41,43-45,47-51H2,1-2H3,(H,61,64)/b13-11-,16-15-,20-17-,29-26-,46-42+. The lowest BCUT2D eigenvalue weighted by Crippen LogP contribution is -2.60. The summed E-state index contributed by atoms with van der Waals surface area (Å²) in [7, 11) is 0. The smallest absolute Gasteiger partial charge is 0.305 e. The van der Waals surface area contributed by atoms with Gasteiger partial charge in [-0.15, -0.1) is 0 Å². The molecule has 1 rings (SSSR count). The van der Waals surface area contributed by atoms with Crippen LogP contribution in [0.2, 0.25) is 0 Å². The maximum atomic E-state index is 13.0. The fourth-order valence-corrected chi connectivity index (χ4v) is 8.67. The van der Waals surface area contributed by atoms with Crippen molar-refractivity contribution in [2.45, 2.75) is 288 Å². The number of hydrogen-bond donors (Lipinski definition) is 6. The van der Waals surface area contributed by atoms with Crippen LogP contribution >= 0.6 is 0 Å². The Balaban J connectivity index is 2.07. The monoisotopic (exact) mass is 1000 g/mol. The number of hydrogen-bond acceptors (Lipinski definition) is 10. The van der Waals surface area contributed by atoms with Crippen LogP contribution in [0.1, 0.15) is 245 Å². The summed E-state index contributed by atoms with van der Waals surface area (Å²) in [4.78, 5) is 25.1. The molecule has 1 saturated heterocycles. The van der Waals surface area contributed by atoms with Gasteiger partial charge in [0.15, 0.2) is 6.29 Å². The van der Waals surface area contributed by atoms with Crippen LogP contribution in [-0.2, 0) is 23.8 Å². The van der Waals surface area contributed by atoms with Gasteiger partial charge in [-0.25, -0.2) is 0 Å². The first-order valence-electron chi connectivity index (χ1n) is 29.1. The predicted molar refractivity (Wildman–Crippen MR) is 292 cm³/mol. The van der Waals surface area contributed by atoms with Crippen molar-refractivity contribution in [1.82, 2.24) is 5.32 Å². The highest BCUT2D eigenvalue weighted by atomic mass is 16.7. The van der Waals surface area contributed by atoms with E-state index in [2.05, 4.69) is 67.8 Å². The average Bonchev–Trinajstić information content (AvgIpc) is 3.37. The second-order valence-electron chi connectivity index (χ2n) is 20.0. The molecule has 1 fully saturated rings. The highest BCUT2D eigenvalue weighted by Gasteiger charge is 2.44. The Morgan fingerprint density at radius 2 is 0.944 bits per heavy atom. The molecule has 0 radical (unpaired) electrons. The second-order valence-corrected chi connectivity index (χ2v) is 20.0. The molecule has 1 heterocycles. The van der Waals surface area contributed by atoms with E-state index in [4.69, 9.17) is 14.2 Å². The van der Waals surface area contributed by atoms with Gasteiger partial charge >= 0.3 is 5.97 Å². The summed E-state index contributed by atoms with van der Waals surface area (Å²) in [5.41, 5.74) is 0. The zero-order valence-corrected chi connectivity index (χ0v) is 45.2. The Morgan fingerprint density at radius 1 is 0.521 bits per heavy atom. The number of allylic oxidation sites excluding steroid dienone is 9. The summed E-state index contributed by atoms with van der Waals surface area (Å²) in [5.74, 6) is -0.243. The number of ether oxygens (including phenoxy) is 3. The van der Waals surface area contributed by atoms with Gasteiger partial charge in [0.25, 0.3) is 0 Å². The van der Waals surface area contributed by atoms with E-state index in [1.165, 1.54) is 116 Å². The number of carbonyl (C=O) groups excluding carboxylic acids is 2. The third kappa shape index (κ3) is 39.5. The first-order valence-corrected chi connectivity index (χ1v) is 29.1. The van der Waals surface area contributed by atoms with Crippen LogP contribution < -0.4 is 5.32 Å². The van der Waals surface area contributed by atoms with Crippen LogP contribution in [-0.4, -0.2) is 100 Å². The minimum Gasteiger partial charge on any atom is -0.466 e. The van der Waals surface area contributed by atoms with Crippen molar-refractivity contribution >= 4 is 11.9 Å². The maximum absolute atomic E-state index is 13.0. The Morgan fingerprint density at radius 3 is 1.45 bits per heavy atom. The minimum atomic E-state index is -1.58. The molecule has 11 heteroatoms. The summed E-state index contributed by atoms with van der Waals surface area (Å²) < 4.78 is 16.6. The van der Waals surface area contributed by atoms with E-state index in [9.17, 15) is 35.1 Å². The summed E-state index contributed by atoms with van der Waals surface area (Å²) in [6.45, 7) is 4.22. The van der Waals surface area contributed by atoms with E-state index < -0.39 is 49.5 Å².